The quantitative estimate of drug-likeness (QED) is 0.703. The van der Waals surface area contributed by atoms with Crippen molar-refractivity contribution in [2.75, 3.05) is 0 Å². The van der Waals surface area contributed by atoms with Crippen LogP contribution in [-0.4, -0.2) is 21.8 Å². The first-order valence-corrected chi connectivity index (χ1v) is 5.49. The Bertz CT molecular complexity index is 427. The van der Waals surface area contributed by atoms with Gasteiger partial charge >= 0.3 is 0 Å². The molecule has 0 atom stereocenters. The number of nitrogens with zero attached hydrogens (tertiary/aromatic N) is 3. The van der Waals surface area contributed by atoms with Crippen LogP contribution in [-0.2, 0) is 0 Å². The number of fused-ring (bicyclic) bond motifs is 1. The maximum absolute atomic E-state index is 11.6. The van der Waals surface area contributed by atoms with E-state index in [2.05, 4.69) is 10.1 Å². The molecule has 1 aromatic rings. The van der Waals surface area contributed by atoms with E-state index in [0.29, 0.717) is 18.0 Å². The molecule has 0 bridgehead atoms. The van der Waals surface area contributed by atoms with E-state index in [9.17, 15) is 4.79 Å². The number of carbonyl (C=O) groups excluding carboxylic acids is 1. The summed E-state index contributed by atoms with van der Waals surface area (Å²) >= 11 is 0. The fourth-order valence-corrected chi connectivity index (χ4v) is 2.42. The lowest BCUT2D eigenvalue weighted by Crippen LogP contribution is -2.09. The van der Waals surface area contributed by atoms with Gasteiger partial charge in [0.15, 0.2) is 11.6 Å². The number of hydrogen-bond donors (Lipinski definition) is 0. The van der Waals surface area contributed by atoms with Crippen molar-refractivity contribution in [3.63, 3.8) is 0 Å². The Labute approximate surface area is 88.0 Å². The normalized spacial score (nSPS) is 20.9. The van der Waals surface area contributed by atoms with Crippen molar-refractivity contribution in [3.8, 4) is 0 Å². The van der Waals surface area contributed by atoms with Crippen molar-refractivity contribution in [1.82, 2.24) is 9.78 Å². The Morgan fingerprint density at radius 1 is 1.33 bits per heavy atom. The highest BCUT2D eigenvalue weighted by Gasteiger charge is 2.25. The topological polar surface area (TPSA) is 47.2 Å². The van der Waals surface area contributed by atoms with Crippen LogP contribution in [0.15, 0.2) is 11.2 Å². The first-order valence-electron chi connectivity index (χ1n) is 5.49. The predicted molar refractivity (Wildman–Crippen MR) is 56.8 cm³/mol. The second-order valence-corrected chi connectivity index (χ2v) is 4.20. The van der Waals surface area contributed by atoms with Gasteiger partial charge in [0, 0.05) is 12.6 Å². The average Bonchev–Trinajstić information content (AvgIpc) is 2.85. The van der Waals surface area contributed by atoms with Crippen LogP contribution in [0.3, 0.4) is 0 Å². The Balaban J connectivity index is 2.03. The van der Waals surface area contributed by atoms with E-state index in [0.717, 1.165) is 18.7 Å². The summed E-state index contributed by atoms with van der Waals surface area (Å²) in [5.74, 6) is 0.919. The molecule has 1 aliphatic carbocycles. The molecule has 0 aromatic carbocycles. The highest BCUT2D eigenvalue weighted by Crippen LogP contribution is 2.34. The summed E-state index contributed by atoms with van der Waals surface area (Å²) in [5.41, 5.74) is 0.699. The van der Waals surface area contributed by atoms with Crippen molar-refractivity contribution in [2.24, 2.45) is 4.99 Å². The summed E-state index contributed by atoms with van der Waals surface area (Å²) in [6.45, 7) is 0. The third-order valence-corrected chi connectivity index (χ3v) is 3.23. The van der Waals surface area contributed by atoms with Gasteiger partial charge in [0.1, 0.15) is 0 Å². The monoisotopic (exact) mass is 203 g/mol. The fourth-order valence-electron chi connectivity index (χ4n) is 2.42. The summed E-state index contributed by atoms with van der Waals surface area (Å²) in [7, 11) is 0. The second kappa shape index (κ2) is 3.29. The Kier molecular flexibility index (Phi) is 1.94. The standard InChI is InChI=1S/C11H13N3O/c15-10-5-6-12-11-9(10)7-13-14(11)8-3-1-2-4-8/h6-8H,1-5H2. The molecule has 4 nitrogen and oxygen atoms in total. The van der Waals surface area contributed by atoms with Crippen LogP contribution in [0, 0.1) is 0 Å². The Hall–Kier alpha value is -1.45. The van der Waals surface area contributed by atoms with Gasteiger partial charge in [-0.3, -0.25) is 4.79 Å². The highest BCUT2D eigenvalue weighted by molar-refractivity contribution is 6.09. The Morgan fingerprint density at radius 2 is 2.13 bits per heavy atom. The number of rotatable bonds is 1. The van der Waals surface area contributed by atoms with Crippen molar-refractivity contribution in [2.45, 2.75) is 38.1 Å². The molecule has 1 fully saturated rings. The van der Waals surface area contributed by atoms with E-state index < -0.39 is 0 Å². The minimum absolute atomic E-state index is 0.143. The van der Waals surface area contributed by atoms with Gasteiger partial charge in [-0.1, -0.05) is 12.8 Å². The molecular weight excluding hydrogens is 190 g/mol. The molecule has 1 aromatic heterocycles. The summed E-state index contributed by atoms with van der Waals surface area (Å²) in [6, 6.07) is 0.455. The molecule has 15 heavy (non-hydrogen) atoms. The smallest absolute Gasteiger partial charge is 0.173 e. The highest BCUT2D eigenvalue weighted by atomic mass is 16.1. The summed E-state index contributed by atoms with van der Waals surface area (Å²) < 4.78 is 1.94. The minimum Gasteiger partial charge on any atom is -0.294 e. The zero-order valence-corrected chi connectivity index (χ0v) is 8.52. The molecule has 1 aliphatic heterocycles. The van der Waals surface area contributed by atoms with Gasteiger partial charge in [-0.25, -0.2) is 9.67 Å². The van der Waals surface area contributed by atoms with Crippen LogP contribution in [0.1, 0.15) is 48.5 Å². The predicted octanol–water partition coefficient (Wildman–Crippen LogP) is 2.29. The van der Waals surface area contributed by atoms with Gasteiger partial charge in [-0.15, -0.1) is 0 Å². The van der Waals surface area contributed by atoms with Crippen LogP contribution in [0.25, 0.3) is 0 Å². The molecule has 0 spiro atoms. The van der Waals surface area contributed by atoms with E-state index in [-0.39, 0.29) is 5.78 Å². The summed E-state index contributed by atoms with van der Waals surface area (Å²) in [6.07, 6.45) is 8.64. The van der Waals surface area contributed by atoms with Crippen LogP contribution in [0.5, 0.6) is 0 Å². The van der Waals surface area contributed by atoms with Crippen LogP contribution in [0.2, 0.25) is 0 Å². The molecule has 2 heterocycles. The van der Waals surface area contributed by atoms with Gasteiger partial charge in [0.2, 0.25) is 0 Å². The Morgan fingerprint density at radius 3 is 2.93 bits per heavy atom. The third-order valence-electron chi connectivity index (χ3n) is 3.23. The molecule has 3 rings (SSSR count). The van der Waals surface area contributed by atoms with Gasteiger partial charge in [-0.2, -0.15) is 5.10 Å². The van der Waals surface area contributed by atoms with Crippen LogP contribution < -0.4 is 0 Å². The van der Waals surface area contributed by atoms with Crippen molar-refractivity contribution in [1.29, 1.82) is 0 Å². The molecule has 0 unspecified atom stereocenters. The molecule has 0 radical (unpaired) electrons. The molecule has 4 heteroatoms. The zero-order chi connectivity index (χ0) is 10.3. The van der Waals surface area contributed by atoms with E-state index in [1.54, 1.807) is 12.4 Å². The second-order valence-electron chi connectivity index (χ2n) is 4.20. The summed E-state index contributed by atoms with van der Waals surface area (Å²) in [4.78, 5) is 15.9. The van der Waals surface area contributed by atoms with Gasteiger partial charge in [-0.05, 0) is 12.8 Å². The molecule has 1 saturated carbocycles. The number of carbonyl (C=O) groups is 1. The largest absolute Gasteiger partial charge is 0.294 e. The lowest BCUT2D eigenvalue weighted by Gasteiger charge is -2.13. The SMILES string of the molecule is O=C1CC=Nc2c1cnn2C1CCCC1. The lowest BCUT2D eigenvalue weighted by atomic mass is 10.1. The van der Waals surface area contributed by atoms with Crippen LogP contribution >= 0.6 is 0 Å². The molecular formula is C11H13N3O. The van der Waals surface area contributed by atoms with E-state index in [1.165, 1.54) is 12.8 Å². The first kappa shape index (κ1) is 8.83. The first-order chi connectivity index (χ1) is 7.36. The van der Waals surface area contributed by atoms with E-state index in [1.807, 2.05) is 4.68 Å². The molecule has 78 valence electrons. The molecule has 0 amide bonds. The molecule has 2 aliphatic rings. The number of Topliss-reactive ketones (excluding diaryl/α,β-unsaturated/α-hetero) is 1. The maximum Gasteiger partial charge on any atom is 0.173 e. The third kappa shape index (κ3) is 1.32. The van der Waals surface area contributed by atoms with Gasteiger partial charge < -0.3 is 0 Å². The number of aromatic nitrogens is 2. The minimum atomic E-state index is 0.143. The van der Waals surface area contributed by atoms with Crippen molar-refractivity contribution >= 4 is 17.8 Å². The average molecular weight is 203 g/mol. The lowest BCUT2D eigenvalue weighted by molar-refractivity contribution is 0.100. The maximum atomic E-state index is 11.6. The number of hydrogen-bond acceptors (Lipinski definition) is 3. The van der Waals surface area contributed by atoms with Crippen molar-refractivity contribution in [3.05, 3.63) is 11.8 Å². The van der Waals surface area contributed by atoms with Gasteiger partial charge in [0.25, 0.3) is 0 Å². The fraction of sp³-hybridized carbons (Fsp3) is 0.545. The molecule has 0 saturated heterocycles. The van der Waals surface area contributed by atoms with Crippen molar-refractivity contribution < 1.29 is 4.79 Å². The van der Waals surface area contributed by atoms with E-state index in [4.69, 9.17) is 0 Å². The van der Waals surface area contributed by atoms with Crippen LogP contribution in [0.4, 0.5) is 5.82 Å². The number of aliphatic imine (C=N–C) groups is 1. The van der Waals surface area contributed by atoms with Gasteiger partial charge in [0.05, 0.1) is 17.8 Å². The molecule has 0 N–H and O–H groups in total. The summed E-state index contributed by atoms with van der Waals surface area (Å²) in [5, 5.41) is 4.31. The van der Waals surface area contributed by atoms with E-state index >= 15 is 0 Å². The number of ketones is 1. The zero-order valence-electron chi connectivity index (χ0n) is 8.52.